The highest BCUT2D eigenvalue weighted by Gasteiger charge is 2.23. The van der Waals surface area contributed by atoms with Gasteiger partial charge in [-0.3, -0.25) is 18.7 Å². The van der Waals surface area contributed by atoms with E-state index in [0.717, 1.165) is 16.3 Å². The number of thioether (sulfide) groups is 1. The Morgan fingerprint density at radius 1 is 1.23 bits per heavy atom. The summed E-state index contributed by atoms with van der Waals surface area (Å²) in [5.74, 6) is 0.0237. The number of ether oxygens (including phenoxy) is 1. The van der Waals surface area contributed by atoms with E-state index < -0.39 is 17.0 Å². The molecule has 11 nitrogen and oxygen atoms in total. The number of aromatic nitrogens is 6. The Balaban J connectivity index is 1.87. The van der Waals surface area contributed by atoms with Gasteiger partial charge in [-0.25, -0.2) is 4.79 Å². The van der Waals surface area contributed by atoms with Crippen molar-refractivity contribution in [3.63, 3.8) is 0 Å². The fourth-order valence-corrected chi connectivity index (χ4v) is 3.71. The van der Waals surface area contributed by atoms with Crippen LogP contribution in [-0.4, -0.2) is 48.0 Å². The predicted molar refractivity (Wildman–Crippen MR) is 116 cm³/mol. The molecule has 3 aromatic rings. The number of anilines is 1. The first-order valence-corrected chi connectivity index (χ1v) is 10.4. The first kappa shape index (κ1) is 22.3. The maximum Gasteiger partial charge on any atom is 0.332 e. The molecule has 0 aliphatic rings. The largest absolute Gasteiger partial charge is 0.497 e. The van der Waals surface area contributed by atoms with E-state index in [0.29, 0.717) is 23.1 Å². The lowest BCUT2D eigenvalue weighted by Crippen LogP contribution is -2.43. The van der Waals surface area contributed by atoms with Crippen molar-refractivity contribution in [1.29, 1.82) is 0 Å². The lowest BCUT2D eigenvalue weighted by atomic mass is 10.2. The van der Waals surface area contributed by atoms with Gasteiger partial charge in [-0.2, -0.15) is 4.68 Å². The first-order valence-electron chi connectivity index (χ1n) is 9.42. The van der Waals surface area contributed by atoms with E-state index in [-0.39, 0.29) is 23.1 Å². The minimum atomic E-state index is -0.720. The van der Waals surface area contributed by atoms with Gasteiger partial charge in [0.15, 0.2) is 5.78 Å². The highest BCUT2D eigenvalue weighted by atomic mass is 32.2. The zero-order valence-corrected chi connectivity index (χ0v) is 18.4. The molecule has 0 aliphatic carbocycles. The standard InChI is InChI=1S/C19H23N7O4S/c1-11(2)9-25-16(20)15(17(28)24(3)19(25)29)14(27)10-31-18-21-22-23-26(18)12-5-7-13(30-4)8-6-12/h5-8,11H,9-10,20H2,1-4H3. The van der Waals surface area contributed by atoms with Gasteiger partial charge in [-0.1, -0.05) is 25.6 Å². The summed E-state index contributed by atoms with van der Waals surface area (Å²) in [5, 5.41) is 11.9. The number of hydrogen-bond donors (Lipinski definition) is 1. The molecule has 0 saturated carbocycles. The molecule has 0 amide bonds. The Morgan fingerprint density at radius 3 is 2.52 bits per heavy atom. The molecule has 0 unspecified atom stereocenters. The number of tetrazole rings is 1. The third-order valence-corrected chi connectivity index (χ3v) is 5.42. The van der Waals surface area contributed by atoms with Crippen molar-refractivity contribution in [1.82, 2.24) is 29.3 Å². The zero-order chi connectivity index (χ0) is 22.7. The van der Waals surface area contributed by atoms with Gasteiger partial charge in [0.1, 0.15) is 17.1 Å². The van der Waals surface area contributed by atoms with Crippen molar-refractivity contribution >= 4 is 23.4 Å². The Morgan fingerprint density at radius 2 is 1.90 bits per heavy atom. The number of rotatable bonds is 8. The average Bonchev–Trinajstić information content (AvgIpc) is 3.22. The average molecular weight is 446 g/mol. The van der Waals surface area contributed by atoms with E-state index in [9.17, 15) is 14.4 Å². The number of hydrogen-bond acceptors (Lipinski definition) is 9. The van der Waals surface area contributed by atoms with Gasteiger partial charge in [0, 0.05) is 13.6 Å². The SMILES string of the molecule is COc1ccc(-n2nnnc2SCC(=O)c2c(N)n(CC(C)C)c(=O)n(C)c2=O)cc1. The Labute approximate surface area is 181 Å². The molecule has 0 saturated heterocycles. The number of Topliss-reactive ketones (excluding diaryl/α,β-unsaturated/α-hetero) is 1. The van der Waals surface area contributed by atoms with Crippen LogP contribution in [0.1, 0.15) is 24.2 Å². The summed E-state index contributed by atoms with van der Waals surface area (Å²) in [4.78, 5) is 37.9. The smallest absolute Gasteiger partial charge is 0.332 e. The minimum Gasteiger partial charge on any atom is -0.497 e. The number of carbonyl (C=O) groups excluding carboxylic acids is 1. The lowest BCUT2D eigenvalue weighted by molar-refractivity contribution is 0.102. The molecule has 0 radical (unpaired) electrons. The fourth-order valence-electron chi connectivity index (χ4n) is 2.94. The second-order valence-corrected chi connectivity index (χ2v) is 8.14. The van der Waals surface area contributed by atoms with Gasteiger partial charge in [-0.15, -0.1) is 5.10 Å². The molecular weight excluding hydrogens is 422 g/mol. The second-order valence-electron chi connectivity index (χ2n) is 7.19. The topological polar surface area (TPSA) is 140 Å². The van der Waals surface area contributed by atoms with Gasteiger partial charge in [-0.05, 0) is 40.6 Å². The summed E-state index contributed by atoms with van der Waals surface area (Å²) in [7, 11) is 2.90. The third-order valence-electron chi connectivity index (χ3n) is 4.50. The molecule has 2 N–H and O–H groups in total. The van der Waals surface area contributed by atoms with Crippen molar-refractivity contribution in [3.8, 4) is 11.4 Å². The van der Waals surface area contributed by atoms with Gasteiger partial charge >= 0.3 is 5.69 Å². The molecule has 2 aromatic heterocycles. The number of nitrogens with two attached hydrogens (primary N) is 1. The monoisotopic (exact) mass is 445 g/mol. The molecule has 0 fully saturated rings. The van der Waals surface area contributed by atoms with Crippen molar-refractivity contribution in [2.75, 3.05) is 18.6 Å². The molecule has 2 heterocycles. The van der Waals surface area contributed by atoms with E-state index in [1.807, 2.05) is 13.8 Å². The van der Waals surface area contributed by atoms with Crippen LogP contribution in [0.4, 0.5) is 5.82 Å². The maximum atomic E-state index is 12.9. The first-order chi connectivity index (χ1) is 14.7. The Hall–Kier alpha value is -3.41. The lowest BCUT2D eigenvalue weighted by Gasteiger charge is -2.16. The van der Waals surface area contributed by atoms with E-state index >= 15 is 0 Å². The van der Waals surface area contributed by atoms with Crippen LogP contribution in [0.25, 0.3) is 5.69 Å². The molecule has 12 heteroatoms. The number of ketones is 1. The summed E-state index contributed by atoms with van der Waals surface area (Å²) in [6.07, 6.45) is 0. The molecule has 1 aromatic carbocycles. The number of benzene rings is 1. The zero-order valence-electron chi connectivity index (χ0n) is 17.6. The molecule has 0 atom stereocenters. The number of carbonyl (C=O) groups is 1. The highest BCUT2D eigenvalue weighted by molar-refractivity contribution is 7.99. The van der Waals surface area contributed by atoms with E-state index in [4.69, 9.17) is 10.5 Å². The summed E-state index contributed by atoms with van der Waals surface area (Å²) in [5.41, 5.74) is 5.26. The van der Waals surface area contributed by atoms with Crippen LogP contribution in [-0.2, 0) is 13.6 Å². The summed E-state index contributed by atoms with van der Waals surface area (Å²) in [6, 6.07) is 7.07. The Bertz CT molecular complexity index is 1210. The van der Waals surface area contributed by atoms with Crippen molar-refractivity contribution in [2.24, 2.45) is 13.0 Å². The van der Waals surface area contributed by atoms with Gasteiger partial charge in [0.25, 0.3) is 5.56 Å². The molecular formula is C19H23N7O4S. The molecule has 0 aliphatic heterocycles. The van der Waals surface area contributed by atoms with Crippen LogP contribution in [0.15, 0.2) is 39.0 Å². The summed E-state index contributed by atoms with van der Waals surface area (Å²) >= 11 is 1.06. The number of nitrogens with zero attached hydrogens (tertiary/aromatic N) is 6. The summed E-state index contributed by atoms with van der Waals surface area (Å²) in [6.45, 7) is 4.11. The quantitative estimate of drug-likeness (QED) is 0.393. The molecule has 0 spiro atoms. The van der Waals surface area contributed by atoms with Crippen molar-refractivity contribution in [2.45, 2.75) is 25.5 Å². The van der Waals surface area contributed by atoms with Gasteiger partial charge in [0.05, 0.1) is 18.6 Å². The normalized spacial score (nSPS) is 11.1. The van der Waals surface area contributed by atoms with Crippen molar-refractivity contribution < 1.29 is 9.53 Å². The third kappa shape index (κ3) is 4.53. The van der Waals surface area contributed by atoms with Crippen molar-refractivity contribution in [3.05, 3.63) is 50.7 Å². The minimum absolute atomic E-state index is 0.101. The second kappa shape index (κ2) is 9.16. The predicted octanol–water partition coefficient (Wildman–Crippen LogP) is 0.744. The van der Waals surface area contributed by atoms with Crippen LogP contribution >= 0.6 is 11.8 Å². The van der Waals surface area contributed by atoms with Crippen LogP contribution in [0.2, 0.25) is 0 Å². The fraction of sp³-hybridized carbons (Fsp3) is 0.368. The van der Waals surface area contributed by atoms with E-state index in [2.05, 4.69) is 15.5 Å². The molecule has 31 heavy (non-hydrogen) atoms. The van der Waals surface area contributed by atoms with Gasteiger partial charge in [0.2, 0.25) is 5.16 Å². The Kier molecular flexibility index (Phi) is 6.59. The van der Waals surface area contributed by atoms with Crippen LogP contribution in [0.5, 0.6) is 5.75 Å². The van der Waals surface area contributed by atoms with Crippen LogP contribution < -0.4 is 21.7 Å². The van der Waals surface area contributed by atoms with Crippen LogP contribution in [0, 0.1) is 5.92 Å². The number of nitrogen functional groups attached to an aromatic ring is 1. The van der Waals surface area contributed by atoms with E-state index in [1.165, 1.54) is 16.3 Å². The molecule has 0 bridgehead atoms. The number of methoxy groups -OCH3 is 1. The molecule has 3 rings (SSSR count). The highest BCUT2D eigenvalue weighted by Crippen LogP contribution is 2.21. The maximum absolute atomic E-state index is 12.9. The van der Waals surface area contributed by atoms with Gasteiger partial charge < -0.3 is 10.5 Å². The molecule has 164 valence electrons. The summed E-state index contributed by atoms with van der Waals surface area (Å²) < 4.78 is 8.77. The van der Waals surface area contributed by atoms with Crippen LogP contribution in [0.3, 0.4) is 0 Å². The van der Waals surface area contributed by atoms with E-state index in [1.54, 1.807) is 31.4 Å².